The lowest BCUT2D eigenvalue weighted by Gasteiger charge is -2.04. The molecule has 2 aromatic rings. The molecule has 0 amide bonds. The van der Waals surface area contributed by atoms with E-state index < -0.39 is 0 Å². The van der Waals surface area contributed by atoms with Crippen LogP contribution in [0, 0.1) is 0 Å². The van der Waals surface area contributed by atoms with Gasteiger partial charge < -0.3 is 0 Å². The van der Waals surface area contributed by atoms with Gasteiger partial charge in [0.2, 0.25) is 0 Å². The van der Waals surface area contributed by atoms with E-state index in [2.05, 4.69) is 50.2 Å². The number of allylic oxidation sites excluding steroid dienone is 1. The molecule has 0 spiro atoms. The van der Waals surface area contributed by atoms with Crippen LogP contribution in [0.15, 0.2) is 59.5 Å². The second-order valence-electron chi connectivity index (χ2n) is 10.2. The highest BCUT2D eigenvalue weighted by Crippen LogP contribution is 2.21. The lowest BCUT2D eigenvalue weighted by molar-refractivity contribution is 0.104. The predicted molar refractivity (Wildman–Crippen MR) is 161 cm³/mol. The molecule has 0 aromatic heterocycles. The van der Waals surface area contributed by atoms with E-state index in [1.54, 1.807) is 6.08 Å². The third-order valence-corrected chi connectivity index (χ3v) is 7.98. The minimum atomic E-state index is 0.0677. The topological polar surface area (TPSA) is 17.1 Å². The summed E-state index contributed by atoms with van der Waals surface area (Å²) in [6, 6.07) is 16.7. The van der Waals surface area contributed by atoms with Crippen LogP contribution < -0.4 is 0 Å². The summed E-state index contributed by atoms with van der Waals surface area (Å²) in [6.07, 6.45) is 25.3. The molecule has 1 nitrogen and oxygen atoms in total. The number of carbonyl (C=O) groups excluding carboxylic acids is 1. The highest BCUT2D eigenvalue weighted by Gasteiger charge is 2.03. The van der Waals surface area contributed by atoms with Crippen LogP contribution in [0.5, 0.6) is 0 Å². The Kier molecular flexibility index (Phi) is 17.1. The summed E-state index contributed by atoms with van der Waals surface area (Å²) in [4.78, 5) is 13.8. The predicted octanol–water partition coefficient (Wildman–Crippen LogP) is 11.1. The van der Waals surface area contributed by atoms with Crippen molar-refractivity contribution in [2.75, 3.05) is 5.75 Å². The van der Waals surface area contributed by atoms with Crippen molar-refractivity contribution in [2.45, 2.75) is 121 Å². The molecule has 36 heavy (non-hydrogen) atoms. The highest BCUT2D eigenvalue weighted by molar-refractivity contribution is 7.99. The van der Waals surface area contributed by atoms with E-state index in [1.807, 2.05) is 30.0 Å². The molecule has 0 unspecified atom stereocenters. The minimum absolute atomic E-state index is 0.0677. The fourth-order valence-electron chi connectivity index (χ4n) is 4.47. The van der Waals surface area contributed by atoms with Crippen molar-refractivity contribution in [3.63, 3.8) is 0 Å². The number of hydrogen-bond acceptors (Lipinski definition) is 2. The quantitative estimate of drug-likeness (QED) is 0.0724. The van der Waals surface area contributed by atoms with Crippen LogP contribution in [0.2, 0.25) is 0 Å². The Hall–Kier alpha value is -1.80. The van der Waals surface area contributed by atoms with Crippen molar-refractivity contribution >= 4 is 23.6 Å². The van der Waals surface area contributed by atoms with Crippen LogP contribution in [0.1, 0.15) is 132 Å². The lowest BCUT2D eigenvalue weighted by Crippen LogP contribution is -1.93. The van der Waals surface area contributed by atoms with Gasteiger partial charge in [-0.25, -0.2) is 0 Å². The Balaban J connectivity index is 1.53. The standard InChI is InChI=1S/C34H50OS/c1-3-5-7-8-9-10-11-12-13-14-15-16-17-29-36-33-26-24-32(25-27-33)34(35)28-23-31-21-19-30(20-22-31)18-6-4-2/h19-28H,3-18,29H2,1-2H3. The number of hydrogen-bond donors (Lipinski definition) is 0. The van der Waals surface area contributed by atoms with E-state index in [4.69, 9.17) is 0 Å². The summed E-state index contributed by atoms with van der Waals surface area (Å²) >= 11 is 1.91. The molecule has 0 radical (unpaired) electrons. The maximum atomic E-state index is 12.5. The van der Waals surface area contributed by atoms with Gasteiger partial charge in [0.05, 0.1) is 0 Å². The molecular formula is C34H50OS. The van der Waals surface area contributed by atoms with E-state index in [9.17, 15) is 4.79 Å². The van der Waals surface area contributed by atoms with Crippen molar-refractivity contribution < 1.29 is 4.79 Å². The molecule has 0 aliphatic rings. The molecule has 0 fully saturated rings. The van der Waals surface area contributed by atoms with Crippen LogP contribution >= 0.6 is 11.8 Å². The van der Waals surface area contributed by atoms with Gasteiger partial charge in [-0.15, -0.1) is 11.8 Å². The number of carbonyl (C=O) groups is 1. The Morgan fingerprint density at radius 3 is 1.72 bits per heavy atom. The Morgan fingerprint density at radius 2 is 1.17 bits per heavy atom. The number of rotatable bonds is 21. The summed E-state index contributed by atoms with van der Waals surface area (Å²) in [7, 11) is 0. The fraction of sp³-hybridized carbons (Fsp3) is 0.559. The molecule has 0 N–H and O–H groups in total. The lowest BCUT2D eigenvalue weighted by atomic mass is 10.1. The van der Waals surface area contributed by atoms with Gasteiger partial charge in [-0.05, 0) is 66.5 Å². The monoisotopic (exact) mass is 506 g/mol. The van der Waals surface area contributed by atoms with Gasteiger partial charge in [-0.1, -0.05) is 128 Å². The smallest absolute Gasteiger partial charge is 0.185 e. The first kappa shape index (κ1) is 30.4. The first-order chi connectivity index (χ1) is 17.7. The van der Waals surface area contributed by atoms with Gasteiger partial charge >= 0.3 is 0 Å². The first-order valence-corrected chi connectivity index (χ1v) is 15.8. The molecular weight excluding hydrogens is 456 g/mol. The first-order valence-electron chi connectivity index (χ1n) is 14.8. The molecule has 0 saturated carbocycles. The minimum Gasteiger partial charge on any atom is -0.289 e. The van der Waals surface area contributed by atoms with Crippen molar-refractivity contribution in [3.8, 4) is 0 Å². The van der Waals surface area contributed by atoms with Crippen LogP contribution in [0.4, 0.5) is 0 Å². The zero-order valence-corrected chi connectivity index (χ0v) is 23.9. The molecule has 0 atom stereocenters. The maximum Gasteiger partial charge on any atom is 0.185 e. The fourth-order valence-corrected chi connectivity index (χ4v) is 5.38. The van der Waals surface area contributed by atoms with Gasteiger partial charge in [0.15, 0.2) is 5.78 Å². The normalized spacial score (nSPS) is 11.4. The Labute approximate surface area is 226 Å². The molecule has 198 valence electrons. The van der Waals surface area contributed by atoms with Crippen LogP contribution in [-0.2, 0) is 6.42 Å². The molecule has 2 rings (SSSR count). The van der Waals surface area contributed by atoms with E-state index in [-0.39, 0.29) is 5.78 Å². The number of unbranched alkanes of at least 4 members (excludes halogenated alkanes) is 13. The SMILES string of the molecule is CCCCCCCCCCCCCCCSc1ccc(C(=O)C=Cc2ccc(CCCC)cc2)cc1. The van der Waals surface area contributed by atoms with Gasteiger partial charge in [0.1, 0.15) is 0 Å². The molecule has 2 heteroatoms. The Morgan fingerprint density at radius 1 is 0.639 bits per heavy atom. The summed E-state index contributed by atoms with van der Waals surface area (Å²) in [5.41, 5.74) is 3.21. The van der Waals surface area contributed by atoms with E-state index in [1.165, 1.54) is 113 Å². The van der Waals surface area contributed by atoms with Crippen molar-refractivity contribution in [2.24, 2.45) is 0 Å². The third kappa shape index (κ3) is 14.1. The van der Waals surface area contributed by atoms with Crippen molar-refractivity contribution in [1.82, 2.24) is 0 Å². The zero-order valence-electron chi connectivity index (χ0n) is 23.1. The largest absolute Gasteiger partial charge is 0.289 e. The summed E-state index contributed by atoms with van der Waals surface area (Å²) in [5.74, 6) is 1.23. The summed E-state index contributed by atoms with van der Waals surface area (Å²) in [5, 5.41) is 0. The number of benzene rings is 2. The number of aryl methyl sites for hydroxylation is 1. The van der Waals surface area contributed by atoms with Gasteiger partial charge in [-0.2, -0.15) is 0 Å². The summed E-state index contributed by atoms with van der Waals surface area (Å²) in [6.45, 7) is 4.50. The van der Waals surface area contributed by atoms with Gasteiger partial charge in [0.25, 0.3) is 0 Å². The average molecular weight is 507 g/mol. The molecule has 0 saturated heterocycles. The second kappa shape index (κ2) is 20.3. The average Bonchev–Trinajstić information content (AvgIpc) is 2.91. The Bertz CT molecular complexity index is 834. The van der Waals surface area contributed by atoms with Crippen molar-refractivity contribution in [1.29, 1.82) is 0 Å². The molecule has 0 aliphatic carbocycles. The van der Waals surface area contributed by atoms with Crippen LogP contribution in [0.25, 0.3) is 6.08 Å². The van der Waals surface area contributed by atoms with E-state index >= 15 is 0 Å². The van der Waals surface area contributed by atoms with E-state index in [0.29, 0.717) is 0 Å². The summed E-state index contributed by atoms with van der Waals surface area (Å²) < 4.78 is 0. The molecule has 0 aliphatic heterocycles. The molecule has 0 heterocycles. The van der Waals surface area contributed by atoms with E-state index in [0.717, 1.165) is 17.5 Å². The molecule has 2 aromatic carbocycles. The van der Waals surface area contributed by atoms with Crippen molar-refractivity contribution in [3.05, 3.63) is 71.3 Å². The van der Waals surface area contributed by atoms with Gasteiger partial charge in [0, 0.05) is 10.5 Å². The van der Waals surface area contributed by atoms with Crippen LogP contribution in [-0.4, -0.2) is 11.5 Å². The van der Waals surface area contributed by atoms with Crippen LogP contribution in [0.3, 0.4) is 0 Å². The molecule has 0 bridgehead atoms. The zero-order chi connectivity index (χ0) is 25.7. The second-order valence-corrected chi connectivity index (χ2v) is 11.3. The maximum absolute atomic E-state index is 12.5. The van der Waals surface area contributed by atoms with Gasteiger partial charge in [-0.3, -0.25) is 4.79 Å². The third-order valence-electron chi connectivity index (χ3n) is 6.88. The highest BCUT2D eigenvalue weighted by atomic mass is 32.2. The number of ketones is 1. The number of thioether (sulfide) groups is 1.